The second-order valence-corrected chi connectivity index (χ2v) is 3.97. The third kappa shape index (κ3) is 12.0. The van der Waals surface area contributed by atoms with Gasteiger partial charge in [0.25, 0.3) is 0 Å². The lowest BCUT2D eigenvalue weighted by atomic mass is 10.2. The third-order valence-corrected chi connectivity index (χ3v) is 2.16. The van der Waals surface area contributed by atoms with Gasteiger partial charge in [-0.1, -0.05) is 24.5 Å². The molecule has 0 rings (SSSR count). The van der Waals surface area contributed by atoms with Crippen molar-refractivity contribution in [3.63, 3.8) is 0 Å². The molecule has 0 heterocycles. The maximum absolute atomic E-state index is 5.58. The molecule has 0 aliphatic rings. The van der Waals surface area contributed by atoms with Crippen LogP contribution in [0.25, 0.3) is 0 Å². The Morgan fingerprint density at radius 1 is 1.15 bits per heavy atom. The van der Waals surface area contributed by atoms with Gasteiger partial charge >= 0.3 is 0 Å². The lowest BCUT2D eigenvalue weighted by Gasteiger charge is -2.01. The summed E-state index contributed by atoms with van der Waals surface area (Å²) in [5.41, 5.74) is 1.38. The van der Waals surface area contributed by atoms with Crippen LogP contribution in [0.3, 0.4) is 0 Å². The molecule has 78 valence electrons. The Balaban J connectivity index is 2.96. The van der Waals surface area contributed by atoms with Crippen LogP contribution < -0.4 is 5.32 Å². The second-order valence-electron chi connectivity index (χ2n) is 3.59. The van der Waals surface area contributed by atoms with Gasteiger partial charge in [0.15, 0.2) is 0 Å². The van der Waals surface area contributed by atoms with Crippen molar-refractivity contribution in [3.05, 3.63) is 11.6 Å². The highest BCUT2D eigenvalue weighted by Crippen LogP contribution is 1.99. The molecule has 0 aromatic heterocycles. The highest BCUT2D eigenvalue weighted by Gasteiger charge is 1.88. The van der Waals surface area contributed by atoms with E-state index in [-0.39, 0.29) is 0 Å². The van der Waals surface area contributed by atoms with Crippen molar-refractivity contribution in [2.24, 2.45) is 0 Å². The van der Waals surface area contributed by atoms with E-state index in [4.69, 9.17) is 11.6 Å². The molecule has 0 spiro atoms. The number of allylic oxidation sites excluding steroid dienone is 1. The van der Waals surface area contributed by atoms with Gasteiger partial charge in [0, 0.05) is 12.4 Å². The predicted molar refractivity (Wildman–Crippen MR) is 61.5 cm³/mol. The molecule has 0 aliphatic carbocycles. The van der Waals surface area contributed by atoms with Crippen LogP contribution in [0, 0.1) is 0 Å². The van der Waals surface area contributed by atoms with Gasteiger partial charge < -0.3 is 5.32 Å². The summed E-state index contributed by atoms with van der Waals surface area (Å²) < 4.78 is 0. The van der Waals surface area contributed by atoms with E-state index < -0.39 is 0 Å². The molecule has 2 heteroatoms. The topological polar surface area (TPSA) is 12.0 Å². The third-order valence-electron chi connectivity index (χ3n) is 1.89. The van der Waals surface area contributed by atoms with Crippen LogP contribution in [-0.4, -0.2) is 19.0 Å². The summed E-state index contributed by atoms with van der Waals surface area (Å²) in [6.45, 7) is 6.40. The van der Waals surface area contributed by atoms with Crippen molar-refractivity contribution in [1.29, 1.82) is 0 Å². The predicted octanol–water partition coefficient (Wildman–Crippen LogP) is 3.34. The van der Waals surface area contributed by atoms with Crippen LogP contribution in [0.15, 0.2) is 11.6 Å². The normalized spacial score (nSPS) is 10.1. The monoisotopic (exact) mass is 203 g/mol. The van der Waals surface area contributed by atoms with Crippen molar-refractivity contribution in [1.82, 2.24) is 5.32 Å². The number of hydrogen-bond donors (Lipinski definition) is 1. The smallest absolute Gasteiger partial charge is 0.0223 e. The fourth-order valence-corrected chi connectivity index (χ4v) is 1.27. The summed E-state index contributed by atoms with van der Waals surface area (Å²) in [7, 11) is 0. The molecule has 1 N–H and O–H groups in total. The summed E-state index contributed by atoms with van der Waals surface area (Å²) in [6.07, 6.45) is 7.23. The Labute approximate surface area is 87.6 Å². The maximum atomic E-state index is 5.58. The number of halogens is 1. The standard InChI is InChI=1S/C11H22ClN/c1-11(2)7-10-13-9-6-4-3-5-8-12/h7,13H,3-6,8-10H2,1-2H3. The molecule has 0 amide bonds. The molecule has 0 fully saturated rings. The van der Waals surface area contributed by atoms with Gasteiger partial charge in [0.2, 0.25) is 0 Å². The Kier molecular flexibility index (Phi) is 10.1. The van der Waals surface area contributed by atoms with E-state index in [0.717, 1.165) is 25.4 Å². The Morgan fingerprint density at radius 3 is 2.46 bits per heavy atom. The van der Waals surface area contributed by atoms with Crippen LogP contribution in [0.1, 0.15) is 39.5 Å². The van der Waals surface area contributed by atoms with Crippen LogP contribution in [-0.2, 0) is 0 Å². The Bertz CT molecular complexity index is 128. The molecule has 0 radical (unpaired) electrons. The minimum atomic E-state index is 0.811. The van der Waals surface area contributed by atoms with Crippen molar-refractivity contribution >= 4 is 11.6 Å². The summed E-state index contributed by atoms with van der Waals surface area (Å²) in [4.78, 5) is 0. The molecule has 13 heavy (non-hydrogen) atoms. The molecular formula is C11H22ClN. The molecule has 0 unspecified atom stereocenters. The van der Waals surface area contributed by atoms with Gasteiger partial charge in [0.05, 0.1) is 0 Å². The SMILES string of the molecule is CC(C)=CCNCCCCCCCl. The number of nitrogens with one attached hydrogen (secondary N) is 1. The largest absolute Gasteiger partial charge is 0.313 e. The van der Waals surface area contributed by atoms with E-state index >= 15 is 0 Å². The van der Waals surface area contributed by atoms with Gasteiger partial charge in [-0.2, -0.15) is 0 Å². The molecule has 0 atom stereocenters. The average molecular weight is 204 g/mol. The molecule has 1 nitrogen and oxygen atoms in total. The molecule has 0 saturated carbocycles. The van der Waals surface area contributed by atoms with Gasteiger partial charge in [-0.15, -0.1) is 11.6 Å². The number of rotatable bonds is 8. The number of alkyl halides is 1. The second kappa shape index (κ2) is 10.1. The van der Waals surface area contributed by atoms with E-state index in [1.54, 1.807) is 0 Å². The zero-order valence-electron chi connectivity index (χ0n) is 8.91. The summed E-state index contributed by atoms with van der Waals surface area (Å²) in [5, 5.41) is 3.38. The van der Waals surface area contributed by atoms with Crippen molar-refractivity contribution in [2.45, 2.75) is 39.5 Å². The summed E-state index contributed by atoms with van der Waals surface area (Å²) in [6, 6.07) is 0. The van der Waals surface area contributed by atoms with Gasteiger partial charge in [-0.25, -0.2) is 0 Å². The molecule has 0 bridgehead atoms. The summed E-state index contributed by atoms with van der Waals surface area (Å²) >= 11 is 5.58. The molecule has 0 aliphatic heterocycles. The maximum Gasteiger partial charge on any atom is 0.0223 e. The zero-order valence-corrected chi connectivity index (χ0v) is 9.66. The number of unbranched alkanes of at least 4 members (excludes halogenated alkanes) is 3. The zero-order chi connectivity index (χ0) is 9.94. The molecule has 0 saturated heterocycles. The van der Waals surface area contributed by atoms with E-state index in [0.29, 0.717) is 0 Å². The van der Waals surface area contributed by atoms with E-state index in [1.807, 2.05) is 0 Å². The highest BCUT2D eigenvalue weighted by atomic mass is 35.5. The van der Waals surface area contributed by atoms with Gasteiger partial charge in [0.1, 0.15) is 0 Å². The minimum absolute atomic E-state index is 0.811. The number of hydrogen-bond acceptors (Lipinski definition) is 1. The summed E-state index contributed by atoms with van der Waals surface area (Å²) in [5.74, 6) is 0.811. The first-order valence-electron chi connectivity index (χ1n) is 5.17. The Morgan fingerprint density at radius 2 is 1.85 bits per heavy atom. The van der Waals surface area contributed by atoms with E-state index in [2.05, 4.69) is 25.2 Å². The first-order chi connectivity index (χ1) is 6.27. The molecular weight excluding hydrogens is 182 g/mol. The first-order valence-corrected chi connectivity index (χ1v) is 5.71. The highest BCUT2D eigenvalue weighted by molar-refractivity contribution is 6.17. The molecule has 0 aromatic rings. The van der Waals surface area contributed by atoms with Crippen LogP contribution >= 0.6 is 11.6 Å². The van der Waals surface area contributed by atoms with Gasteiger partial charge in [-0.05, 0) is 33.2 Å². The van der Waals surface area contributed by atoms with Gasteiger partial charge in [-0.3, -0.25) is 0 Å². The van der Waals surface area contributed by atoms with Crippen LogP contribution in [0.5, 0.6) is 0 Å². The minimum Gasteiger partial charge on any atom is -0.313 e. The van der Waals surface area contributed by atoms with E-state index in [9.17, 15) is 0 Å². The quantitative estimate of drug-likeness (QED) is 0.363. The van der Waals surface area contributed by atoms with Crippen LogP contribution in [0.2, 0.25) is 0 Å². The van der Waals surface area contributed by atoms with Crippen LogP contribution in [0.4, 0.5) is 0 Å². The Hall–Kier alpha value is -0.0100. The average Bonchev–Trinajstić information content (AvgIpc) is 2.09. The molecule has 0 aromatic carbocycles. The lowest BCUT2D eigenvalue weighted by molar-refractivity contribution is 0.621. The lowest BCUT2D eigenvalue weighted by Crippen LogP contribution is -2.15. The fraction of sp³-hybridized carbons (Fsp3) is 0.818. The van der Waals surface area contributed by atoms with Crippen molar-refractivity contribution in [2.75, 3.05) is 19.0 Å². The first kappa shape index (κ1) is 13.0. The fourth-order valence-electron chi connectivity index (χ4n) is 1.08. The van der Waals surface area contributed by atoms with E-state index in [1.165, 1.54) is 24.8 Å². The van der Waals surface area contributed by atoms with Crippen molar-refractivity contribution < 1.29 is 0 Å². The van der Waals surface area contributed by atoms with Crippen molar-refractivity contribution in [3.8, 4) is 0 Å².